The van der Waals surface area contributed by atoms with Crippen molar-refractivity contribution < 1.29 is 9.53 Å². The molecule has 96 valence electrons. The summed E-state index contributed by atoms with van der Waals surface area (Å²) in [6, 6.07) is 7.42. The Morgan fingerprint density at radius 3 is 2.44 bits per heavy atom. The highest BCUT2D eigenvalue weighted by atomic mass is 35.5. The van der Waals surface area contributed by atoms with E-state index in [1.165, 1.54) is 0 Å². The third-order valence-corrected chi connectivity index (χ3v) is 4.93. The van der Waals surface area contributed by atoms with Crippen molar-refractivity contribution in [3.8, 4) is 0 Å². The fourth-order valence-corrected chi connectivity index (χ4v) is 2.89. The van der Waals surface area contributed by atoms with Crippen LogP contribution in [-0.4, -0.2) is 24.4 Å². The van der Waals surface area contributed by atoms with Gasteiger partial charge in [-0.15, -0.1) is 23.5 Å². The third-order valence-electron chi connectivity index (χ3n) is 2.63. The fraction of sp³-hybridized carbons (Fsp3) is 0.308. The lowest BCUT2D eigenvalue weighted by Gasteiger charge is -1.97. The molecule has 18 heavy (non-hydrogen) atoms. The first-order valence-corrected chi connectivity index (χ1v) is 8.23. The van der Waals surface area contributed by atoms with Crippen LogP contribution in [0.25, 0.3) is 0 Å². The summed E-state index contributed by atoms with van der Waals surface area (Å²) in [5.74, 6) is 0.0358. The summed E-state index contributed by atoms with van der Waals surface area (Å²) in [5.41, 5.74) is 1.00. The zero-order chi connectivity index (χ0) is 13.1. The topological polar surface area (TPSA) is 29.6 Å². The molecule has 1 saturated heterocycles. The highest BCUT2D eigenvalue weighted by Gasteiger charge is 2.44. The van der Waals surface area contributed by atoms with Crippen molar-refractivity contribution in [2.45, 2.75) is 12.2 Å². The summed E-state index contributed by atoms with van der Waals surface area (Å²) >= 11 is 8.96. The zero-order valence-corrected chi connectivity index (χ0v) is 12.4. The molecule has 0 aliphatic carbocycles. The smallest absolute Gasteiger partial charge is 0.189 e. The second kappa shape index (κ2) is 6.15. The molecule has 5 heteroatoms. The number of halogens is 1. The van der Waals surface area contributed by atoms with Gasteiger partial charge in [0.15, 0.2) is 11.9 Å². The van der Waals surface area contributed by atoms with Crippen molar-refractivity contribution in [1.82, 2.24) is 0 Å². The number of rotatable bonds is 5. The largest absolute Gasteiger partial charge is 0.356 e. The number of ketones is 1. The number of carbonyl (C=O) groups is 1. The molecule has 0 N–H and O–H groups in total. The van der Waals surface area contributed by atoms with Crippen molar-refractivity contribution in [2.24, 2.45) is 0 Å². The van der Waals surface area contributed by atoms with E-state index in [9.17, 15) is 4.79 Å². The summed E-state index contributed by atoms with van der Waals surface area (Å²) < 4.78 is 6.44. The van der Waals surface area contributed by atoms with Gasteiger partial charge < -0.3 is 4.74 Å². The van der Waals surface area contributed by atoms with Gasteiger partial charge >= 0.3 is 0 Å². The summed E-state index contributed by atoms with van der Waals surface area (Å²) in [5, 5.41) is 0.689. The number of epoxide rings is 1. The Balaban J connectivity index is 2.01. The number of ether oxygens (including phenoxy) is 1. The van der Waals surface area contributed by atoms with Gasteiger partial charge in [-0.3, -0.25) is 4.79 Å². The van der Waals surface area contributed by atoms with Gasteiger partial charge in [0.25, 0.3) is 0 Å². The van der Waals surface area contributed by atoms with Crippen LogP contribution in [-0.2, 0) is 9.53 Å². The van der Waals surface area contributed by atoms with Crippen molar-refractivity contribution >= 4 is 40.9 Å². The summed E-state index contributed by atoms with van der Waals surface area (Å²) in [4.78, 5) is 11.9. The van der Waals surface area contributed by atoms with E-state index in [2.05, 4.69) is 0 Å². The highest BCUT2D eigenvalue weighted by Crippen LogP contribution is 2.40. The van der Waals surface area contributed by atoms with Gasteiger partial charge in [-0.25, -0.2) is 0 Å². The minimum Gasteiger partial charge on any atom is -0.356 e. The SMILES string of the molecule is CSC(=CC(=O)[C@H]1O[C@@H]1c1ccc(Cl)cc1)SC. The molecule has 1 aliphatic heterocycles. The lowest BCUT2D eigenvalue weighted by molar-refractivity contribution is -0.115. The van der Waals surface area contributed by atoms with Gasteiger partial charge in [0, 0.05) is 15.3 Å². The average Bonchev–Trinajstić information content (AvgIpc) is 3.17. The van der Waals surface area contributed by atoms with E-state index in [1.54, 1.807) is 29.6 Å². The monoisotopic (exact) mass is 300 g/mol. The van der Waals surface area contributed by atoms with Gasteiger partial charge in [-0.2, -0.15) is 0 Å². The molecule has 0 bridgehead atoms. The van der Waals surface area contributed by atoms with Gasteiger partial charge in [0.2, 0.25) is 0 Å². The third kappa shape index (κ3) is 3.32. The van der Waals surface area contributed by atoms with Crippen LogP contribution < -0.4 is 0 Å². The Bertz CT molecular complexity index is 464. The van der Waals surface area contributed by atoms with E-state index in [1.807, 2.05) is 36.8 Å². The van der Waals surface area contributed by atoms with Crippen LogP contribution in [0.1, 0.15) is 11.7 Å². The summed E-state index contributed by atoms with van der Waals surface area (Å²) in [6.45, 7) is 0. The van der Waals surface area contributed by atoms with Gasteiger partial charge in [-0.05, 0) is 30.2 Å². The number of benzene rings is 1. The minimum atomic E-state index is -0.333. The number of hydrogen-bond donors (Lipinski definition) is 0. The standard InChI is InChI=1S/C13H13ClO2S2/c1-17-11(18-2)7-10(15)13-12(16-13)8-3-5-9(14)6-4-8/h3-7,12-13H,1-2H3/t12-,13-/m1/s1. The Labute approximate surface area is 120 Å². The molecule has 1 aromatic rings. The summed E-state index contributed by atoms with van der Waals surface area (Å²) in [7, 11) is 0. The lowest BCUT2D eigenvalue weighted by Crippen LogP contribution is -2.04. The molecule has 1 fully saturated rings. The fourth-order valence-electron chi connectivity index (χ4n) is 1.63. The van der Waals surface area contributed by atoms with E-state index >= 15 is 0 Å². The van der Waals surface area contributed by atoms with E-state index in [-0.39, 0.29) is 18.0 Å². The molecule has 0 amide bonds. The quantitative estimate of drug-likeness (QED) is 0.609. The first kappa shape index (κ1) is 14.0. The van der Waals surface area contributed by atoms with Crippen LogP contribution in [0.5, 0.6) is 0 Å². The van der Waals surface area contributed by atoms with Crippen LogP contribution in [0.3, 0.4) is 0 Å². The minimum absolute atomic E-state index is 0.0358. The van der Waals surface area contributed by atoms with E-state index in [0.29, 0.717) is 5.02 Å². The van der Waals surface area contributed by atoms with Gasteiger partial charge in [0.1, 0.15) is 6.10 Å². The second-order valence-corrected chi connectivity index (χ2v) is 6.19. The van der Waals surface area contributed by atoms with Crippen molar-refractivity contribution in [1.29, 1.82) is 0 Å². The molecule has 0 unspecified atom stereocenters. The molecule has 2 rings (SSSR count). The lowest BCUT2D eigenvalue weighted by atomic mass is 10.1. The number of thioether (sulfide) groups is 2. The molecule has 1 aliphatic rings. The molecular formula is C13H13ClO2S2. The first-order valence-electron chi connectivity index (χ1n) is 5.40. The number of hydrogen-bond acceptors (Lipinski definition) is 4. The molecule has 1 heterocycles. The molecule has 2 nitrogen and oxygen atoms in total. The molecule has 2 atom stereocenters. The zero-order valence-electron chi connectivity index (χ0n) is 10.1. The van der Waals surface area contributed by atoms with Crippen LogP contribution in [0.4, 0.5) is 0 Å². The van der Waals surface area contributed by atoms with Crippen LogP contribution in [0.2, 0.25) is 5.02 Å². The molecule has 0 radical (unpaired) electrons. The van der Waals surface area contributed by atoms with Crippen LogP contribution >= 0.6 is 35.1 Å². The predicted octanol–water partition coefficient (Wildman–Crippen LogP) is 3.92. The van der Waals surface area contributed by atoms with Gasteiger partial charge in [0.05, 0.1) is 0 Å². The van der Waals surface area contributed by atoms with Crippen LogP contribution in [0, 0.1) is 0 Å². The maximum Gasteiger partial charge on any atom is 0.189 e. The second-order valence-electron chi connectivity index (χ2n) is 3.80. The maximum atomic E-state index is 11.9. The Kier molecular flexibility index (Phi) is 4.78. The molecule has 0 saturated carbocycles. The van der Waals surface area contributed by atoms with E-state index < -0.39 is 0 Å². The highest BCUT2D eigenvalue weighted by molar-refractivity contribution is 8.21. The molecule has 0 spiro atoms. The molecular weight excluding hydrogens is 288 g/mol. The normalized spacial score (nSPS) is 21.5. The van der Waals surface area contributed by atoms with Gasteiger partial charge in [-0.1, -0.05) is 23.7 Å². The Hall–Kier alpha value is -0.420. The maximum absolute atomic E-state index is 11.9. The number of carbonyl (C=O) groups excluding carboxylic acids is 1. The van der Waals surface area contributed by atoms with E-state index in [0.717, 1.165) is 9.80 Å². The first-order chi connectivity index (χ1) is 8.65. The average molecular weight is 301 g/mol. The van der Waals surface area contributed by atoms with Crippen molar-refractivity contribution in [3.05, 3.63) is 45.2 Å². The van der Waals surface area contributed by atoms with Crippen molar-refractivity contribution in [3.63, 3.8) is 0 Å². The van der Waals surface area contributed by atoms with Crippen molar-refractivity contribution in [2.75, 3.05) is 12.5 Å². The molecule has 1 aromatic carbocycles. The molecule has 0 aromatic heterocycles. The van der Waals surface area contributed by atoms with E-state index in [4.69, 9.17) is 16.3 Å². The summed E-state index contributed by atoms with van der Waals surface area (Å²) in [6.07, 6.45) is 5.13. The Morgan fingerprint density at radius 2 is 1.89 bits per heavy atom. The predicted molar refractivity (Wildman–Crippen MR) is 79.2 cm³/mol. The Morgan fingerprint density at radius 1 is 1.28 bits per heavy atom. The van der Waals surface area contributed by atoms with Crippen LogP contribution in [0.15, 0.2) is 34.6 Å².